The van der Waals surface area contributed by atoms with Gasteiger partial charge in [0.05, 0.1) is 6.20 Å². The zero-order valence-electron chi connectivity index (χ0n) is 10.0. The maximum atomic E-state index is 13.6. The molecule has 0 aliphatic rings. The van der Waals surface area contributed by atoms with Crippen molar-refractivity contribution in [1.82, 2.24) is 10.3 Å². The number of thioether (sulfide) groups is 1. The third kappa shape index (κ3) is 4.10. The highest BCUT2D eigenvalue weighted by Gasteiger charge is 2.15. The molecule has 0 bridgehead atoms. The van der Waals surface area contributed by atoms with Crippen LogP contribution >= 0.6 is 11.8 Å². The van der Waals surface area contributed by atoms with E-state index in [1.54, 1.807) is 12.3 Å². The number of nitrogens with one attached hydrogen (secondary N) is 1. The van der Waals surface area contributed by atoms with E-state index in [2.05, 4.69) is 24.1 Å². The van der Waals surface area contributed by atoms with Crippen LogP contribution in [0.1, 0.15) is 32.4 Å². The third-order valence-corrected chi connectivity index (χ3v) is 3.42. The number of hydrogen-bond donors (Lipinski definition) is 1. The molecule has 4 heteroatoms. The fraction of sp³-hybridized carbons (Fsp3) is 0.583. The van der Waals surface area contributed by atoms with Crippen LogP contribution in [-0.4, -0.2) is 22.5 Å². The van der Waals surface area contributed by atoms with Crippen LogP contribution < -0.4 is 5.32 Å². The van der Waals surface area contributed by atoms with Gasteiger partial charge >= 0.3 is 0 Å². The van der Waals surface area contributed by atoms with Crippen molar-refractivity contribution in [3.8, 4) is 0 Å². The first-order valence-corrected chi connectivity index (χ1v) is 6.64. The smallest absolute Gasteiger partial charge is 0.146 e. The van der Waals surface area contributed by atoms with Gasteiger partial charge in [-0.25, -0.2) is 4.39 Å². The molecule has 0 amide bonds. The number of aromatic nitrogens is 1. The molecule has 1 heterocycles. The highest BCUT2D eigenvalue weighted by atomic mass is 32.2. The van der Waals surface area contributed by atoms with E-state index in [0.717, 1.165) is 12.3 Å². The third-order valence-electron chi connectivity index (χ3n) is 2.23. The maximum Gasteiger partial charge on any atom is 0.146 e. The van der Waals surface area contributed by atoms with E-state index in [9.17, 15) is 4.39 Å². The molecule has 90 valence electrons. The minimum absolute atomic E-state index is 0.0698. The van der Waals surface area contributed by atoms with Crippen LogP contribution in [0.2, 0.25) is 0 Å². The van der Waals surface area contributed by atoms with Gasteiger partial charge in [0.25, 0.3) is 0 Å². The quantitative estimate of drug-likeness (QED) is 0.830. The highest BCUT2D eigenvalue weighted by Crippen LogP contribution is 2.22. The standard InChI is InChI=1S/C12H19FN2S/c1-4-15-12(8-16-9(2)3)10-5-6-14-7-11(10)13/h5-7,9,12,15H,4,8H2,1-3H3. The van der Waals surface area contributed by atoms with E-state index in [0.29, 0.717) is 10.8 Å². The average molecular weight is 242 g/mol. The van der Waals surface area contributed by atoms with Gasteiger partial charge in [-0.1, -0.05) is 20.8 Å². The number of halogens is 1. The molecule has 1 rings (SSSR count). The lowest BCUT2D eigenvalue weighted by Gasteiger charge is -2.19. The molecule has 2 nitrogen and oxygen atoms in total. The van der Waals surface area contributed by atoms with Crippen molar-refractivity contribution >= 4 is 11.8 Å². The summed E-state index contributed by atoms with van der Waals surface area (Å²) in [6.45, 7) is 7.17. The largest absolute Gasteiger partial charge is 0.309 e. The second-order valence-corrected chi connectivity index (χ2v) is 5.50. The van der Waals surface area contributed by atoms with Gasteiger partial charge in [0.15, 0.2) is 0 Å². The Labute approximate surface area is 101 Å². The van der Waals surface area contributed by atoms with E-state index in [-0.39, 0.29) is 11.9 Å². The maximum absolute atomic E-state index is 13.6. The number of pyridine rings is 1. The molecule has 0 aliphatic carbocycles. The Morgan fingerprint density at radius 1 is 1.50 bits per heavy atom. The fourth-order valence-electron chi connectivity index (χ4n) is 1.46. The number of nitrogens with zero attached hydrogens (tertiary/aromatic N) is 1. The molecule has 0 aliphatic heterocycles. The minimum atomic E-state index is -0.224. The number of hydrogen-bond acceptors (Lipinski definition) is 3. The lowest BCUT2D eigenvalue weighted by molar-refractivity contribution is 0.541. The molecule has 1 aromatic rings. The van der Waals surface area contributed by atoms with Gasteiger partial charge in [-0.3, -0.25) is 4.98 Å². The zero-order valence-corrected chi connectivity index (χ0v) is 10.9. The van der Waals surface area contributed by atoms with Crippen molar-refractivity contribution in [2.75, 3.05) is 12.3 Å². The van der Waals surface area contributed by atoms with Crippen LogP contribution in [0, 0.1) is 5.82 Å². The van der Waals surface area contributed by atoms with E-state index in [1.165, 1.54) is 6.20 Å². The van der Waals surface area contributed by atoms with Crippen molar-refractivity contribution in [2.24, 2.45) is 0 Å². The Morgan fingerprint density at radius 3 is 2.81 bits per heavy atom. The molecule has 0 saturated carbocycles. The normalized spacial score (nSPS) is 13.1. The summed E-state index contributed by atoms with van der Waals surface area (Å²) in [6.07, 6.45) is 2.92. The Kier molecular flexibility index (Phi) is 5.77. The molecular formula is C12H19FN2S. The molecule has 0 radical (unpaired) electrons. The molecule has 0 spiro atoms. The number of rotatable bonds is 6. The topological polar surface area (TPSA) is 24.9 Å². The van der Waals surface area contributed by atoms with Gasteiger partial charge in [0, 0.05) is 23.6 Å². The monoisotopic (exact) mass is 242 g/mol. The summed E-state index contributed by atoms with van der Waals surface area (Å²) in [7, 11) is 0. The summed E-state index contributed by atoms with van der Waals surface area (Å²) in [5.41, 5.74) is 0.713. The summed E-state index contributed by atoms with van der Waals surface area (Å²) in [6, 6.07) is 1.82. The Bertz CT molecular complexity index is 318. The van der Waals surface area contributed by atoms with Crippen molar-refractivity contribution in [1.29, 1.82) is 0 Å². The molecule has 16 heavy (non-hydrogen) atoms. The summed E-state index contributed by atoms with van der Waals surface area (Å²) in [4.78, 5) is 3.77. The first-order valence-electron chi connectivity index (χ1n) is 5.59. The first-order chi connectivity index (χ1) is 7.65. The zero-order chi connectivity index (χ0) is 12.0. The second kappa shape index (κ2) is 6.86. The van der Waals surface area contributed by atoms with E-state index in [4.69, 9.17) is 0 Å². The first kappa shape index (κ1) is 13.5. The predicted octanol–water partition coefficient (Wildman–Crippen LogP) is 3.01. The van der Waals surface area contributed by atoms with Crippen LogP contribution in [0.15, 0.2) is 18.5 Å². The van der Waals surface area contributed by atoms with E-state index in [1.807, 2.05) is 18.7 Å². The van der Waals surface area contributed by atoms with Gasteiger partial charge in [0.2, 0.25) is 0 Å². The molecule has 1 aromatic heterocycles. The van der Waals surface area contributed by atoms with E-state index >= 15 is 0 Å². The molecule has 1 unspecified atom stereocenters. The Morgan fingerprint density at radius 2 is 2.25 bits per heavy atom. The van der Waals surface area contributed by atoms with Gasteiger partial charge < -0.3 is 5.32 Å². The molecule has 1 N–H and O–H groups in total. The van der Waals surface area contributed by atoms with Crippen molar-refractivity contribution in [3.05, 3.63) is 29.8 Å². The summed E-state index contributed by atoms with van der Waals surface area (Å²) >= 11 is 1.83. The van der Waals surface area contributed by atoms with Crippen LogP contribution in [0.25, 0.3) is 0 Å². The Balaban J connectivity index is 2.73. The van der Waals surface area contributed by atoms with Gasteiger partial charge in [-0.05, 0) is 17.9 Å². The van der Waals surface area contributed by atoms with Crippen molar-refractivity contribution in [2.45, 2.75) is 32.1 Å². The van der Waals surface area contributed by atoms with Crippen LogP contribution in [0.5, 0.6) is 0 Å². The van der Waals surface area contributed by atoms with Crippen LogP contribution in [0.4, 0.5) is 4.39 Å². The summed E-state index contributed by atoms with van der Waals surface area (Å²) in [5, 5.41) is 3.87. The molecular weight excluding hydrogens is 223 g/mol. The lowest BCUT2D eigenvalue weighted by atomic mass is 10.1. The molecule has 0 saturated heterocycles. The summed E-state index contributed by atoms with van der Waals surface area (Å²) < 4.78 is 13.6. The minimum Gasteiger partial charge on any atom is -0.309 e. The highest BCUT2D eigenvalue weighted by molar-refractivity contribution is 7.99. The van der Waals surface area contributed by atoms with E-state index < -0.39 is 0 Å². The Hall–Kier alpha value is -0.610. The second-order valence-electron chi connectivity index (χ2n) is 3.89. The van der Waals surface area contributed by atoms with Crippen molar-refractivity contribution in [3.63, 3.8) is 0 Å². The summed E-state index contributed by atoms with van der Waals surface area (Å²) in [5.74, 6) is 0.657. The lowest BCUT2D eigenvalue weighted by Crippen LogP contribution is -2.24. The molecule has 0 aromatic carbocycles. The SMILES string of the molecule is CCNC(CSC(C)C)c1ccncc1F. The van der Waals surface area contributed by atoms with Crippen LogP contribution in [0.3, 0.4) is 0 Å². The van der Waals surface area contributed by atoms with Crippen LogP contribution in [-0.2, 0) is 0 Å². The molecule has 1 atom stereocenters. The molecule has 0 fully saturated rings. The van der Waals surface area contributed by atoms with Crippen molar-refractivity contribution < 1.29 is 4.39 Å². The van der Waals surface area contributed by atoms with Gasteiger partial charge in [0.1, 0.15) is 5.82 Å². The predicted molar refractivity (Wildman–Crippen MR) is 68.2 cm³/mol. The average Bonchev–Trinajstić information content (AvgIpc) is 2.25. The van der Waals surface area contributed by atoms with Gasteiger partial charge in [-0.15, -0.1) is 0 Å². The fourth-order valence-corrected chi connectivity index (χ4v) is 2.34. The van der Waals surface area contributed by atoms with Gasteiger partial charge in [-0.2, -0.15) is 11.8 Å².